The van der Waals surface area contributed by atoms with E-state index in [0.717, 1.165) is 11.6 Å². The van der Waals surface area contributed by atoms with Gasteiger partial charge in [0.2, 0.25) is 5.83 Å². The van der Waals surface area contributed by atoms with Gasteiger partial charge in [0, 0.05) is 11.1 Å². The fourth-order valence-corrected chi connectivity index (χ4v) is 1.74. The summed E-state index contributed by atoms with van der Waals surface area (Å²) < 4.78 is 41.1. The number of rotatable bonds is 1. The van der Waals surface area contributed by atoms with Gasteiger partial charge in [0.05, 0.1) is 0 Å². The zero-order valence-electron chi connectivity index (χ0n) is 11.7. The SMILES string of the molecule is Cc1ccc(C#C/C(F)=C(\F)c2ccc(C)cc2F)cc1. The van der Waals surface area contributed by atoms with E-state index in [1.54, 1.807) is 19.1 Å². The van der Waals surface area contributed by atoms with Crippen LogP contribution in [0.1, 0.15) is 22.3 Å². The van der Waals surface area contributed by atoms with E-state index >= 15 is 0 Å². The topological polar surface area (TPSA) is 0 Å². The molecule has 0 atom stereocenters. The van der Waals surface area contributed by atoms with Crippen LogP contribution < -0.4 is 0 Å². The lowest BCUT2D eigenvalue weighted by atomic mass is 10.1. The van der Waals surface area contributed by atoms with E-state index in [1.807, 2.05) is 19.1 Å². The van der Waals surface area contributed by atoms with Crippen molar-refractivity contribution in [1.82, 2.24) is 0 Å². The summed E-state index contributed by atoms with van der Waals surface area (Å²) in [5, 5.41) is 0. The molecule has 0 nitrogen and oxygen atoms in total. The number of hydrogen-bond acceptors (Lipinski definition) is 0. The molecule has 106 valence electrons. The van der Waals surface area contributed by atoms with Gasteiger partial charge in [-0.1, -0.05) is 29.7 Å². The minimum atomic E-state index is -1.29. The smallest absolute Gasteiger partial charge is 0.206 e. The molecular formula is C18H13F3. The highest BCUT2D eigenvalue weighted by molar-refractivity contribution is 5.65. The van der Waals surface area contributed by atoms with Crippen molar-refractivity contribution in [2.24, 2.45) is 0 Å². The van der Waals surface area contributed by atoms with Crippen molar-refractivity contribution < 1.29 is 13.2 Å². The minimum Gasteiger partial charge on any atom is -0.206 e. The number of hydrogen-bond donors (Lipinski definition) is 0. The predicted molar refractivity (Wildman–Crippen MR) is 78.3 cm³/mol. The molecule has 0 bridgehead atoms. The molecule has 0 unspecified atom stereocenters. The standard InChI is InChI=1S/C18H13F3/c1-12-3-6-14(7-4-12)8-10-16(19)18(21)15-9-5-13(2)11-17(15)20/h3-7,9,11H,1-2H3/b18-16+. The molecular weight excluding hydrogens is 273 g/mol. The van der Waals surface area contributed by atoms with Crippen LogP contribution in [0, 0.1) is 31.5 Å². The van der Waals surface area contributed by atoms with Crippen molar-refractivity contribution in [3.8, 4) is 11.8 Å². The van der Waals surface area contributed by atoms with Crippen LogP contribution in [0.2, 0.25) is 0 Å². The van der Waals surface area contributed by atoms with Crippen LogP contribution in [0.3, 0.4) is 0 Å². The molecule has 0 aliphatic heterocycles. The second-order valence-electron chi connectivity index (χ2n) is 4.73. The summed E-state index contributed by atoms with van der Waals surface area (Å²) in [6.45, 7) is 3.58. The summed E-state index contributed by atoms with van der Waals surface area (Å²) in [6, 6.07) is 10.9. The Bertz CT molecular complexity index is 744. The third-order valence-corrected chi connectivity index (χ3v) is 2.92. The Morgan fingerprint density at radius 2 is 1.52 bits per heavy atom. The van der Waals surface area contributed by atoms with E-state index in [2.05, 4.69) is 11.8 Å². The molecule has 2 aromatic carbocycles. The summed E-state index contributed by atoms with van der Waals surface area (Å²) in [7, 11) is 0. The van der Waals surface area contributed by atoms with E-state index < -0.39 is 23.0 Å². The first kappa shape index (κ1) is 14.9. The van der Waals surface area contributed by atoms with Crippen LogP contribution >= 0.6 is 0 Å². The Kier molecular flexibility index (Phi) is 4.49. The Balaban J connectivity index is 2.33. The van der Waals surface area contributed by atoms with Gasteiger partial charge in [0.25, 0.3) is 0 Å². The van der Waals surface area contributed by atoms with Gasteiger partial charge in [-0.3, -0.25) is 0 Å². The molecule has 0 saturated carbocycles. The molecule has 3 heteroatoms. The van der Waals surface area contributed by atoms with Gasteiger partial charge < -0.3 is 0 Å². The lowest BCUT2D eigenvalue weighted by Crippen LogP contribution is -1.89. The highest BCUT2D eigenvalue weighted by atomic mass is 19.2. The molecule has 2 rings (SSSR count). The monoisotopic (exact) mass is 286 g/mol. The lowest BCUT2D eigenvalue weighted by Gasteiger charge is -2.01. The molecule has 0 aromatic heterocycles. The van der Waals surface area contributed by atoms with E-state index in [1.165, 1.54) is 12.1 Å². The van der Waals surface area contributed by atoms with E-state index in [0.29, 0.717) is 11.1 Å². The molecule has 0 fully saturated rings. The Hall–Kier alpha value is -2.47. The number of benzene rings is 2. The molecule has 0 heterocycles. The van der Waals surface area contributed by atoms with Crippen LogP contribution in [0.5, 0.6) is 0 Å². The Morgan fingerprint density at radius 1 is 0.905 bits per heavy atom. The number of aryl methyl sites for hydroxylation is 2. The van der Waals surface area contributed by atoms with Crippen LogP contribution in [0.25, 0.3) is 5.83 Å². The van der Waals surface area contributed by atoms with Crippen LogP contribution in [0.15, 0.2) is 48.3 Å². The average molecular weight is 286 g/mol. The third kappa shape index (κ3) is 3.76. The normalized spacial score (nSPS) is 11.5. The highest BCUT2D eigenvalue weighted by Crippen LogP contribution is 2.24. The summed E-state index contributed by atoms with van der Waals surface area (Å²) in [5.41, 5.74) is 1.82. The van der Waals surface area contributed by atoms with Gasteiger partial charge in [-0.25, -0.2) is 8.78 Å². The fraction of sp³-hybridized carbons (Fsp3) is 0.111. The van der Waals surface area contributed by atoms with Crippen molar-refractivity contribution in [3.63, 3.8) is 0 Å². The van der Waals surface area contributed by atoms with E-state index in [-0.39, 0.29) is 0 Å². The first-order valence-corrected chi connectivity index (χ1v) is 6.38. The highest BCUT2D eigenvalue weighted by Gasteiger charge is 2.12. The van der Waals surface area contributed by atoms with Gasteiger partial charge in [-0.05, 0) is 49.6 Å². The zero-order chi connectivity index (χ0) is 15.4. The summed E-state index contributed by atoms with van der Waals surface area (Å²) in [4.78, 5) is 0. The molecule has 0 saturated heterocycles. The minimum absolute atomic E-state index is 0.420. The summed E-state index contributed by atoms with van der Waals surface area (Å²) in [6.07, 6.45) is 0. The number of halogens is 3. The second-order valence-corrected chi connectivity index (χ2v) is 4.73. The molecule has 0 amide bonds. The maximum absolute atomic E-state index is 13.9. The van der Waals surface area contributed by atoms with Crippen molar-refractivity contribution in [1.29, 1.82) is 0 Å². The molecule has 2 aromatic rings. The lowest BCUT2D eigenvalue weighted by molar-refractivity contribution is 0.598. The van der Waals surface area contributed by atoms with Gasteiger partial charge in [0.15, 0.2) is 5.83 Å². The van der Waals surface area contributed by atoms with Crippen molar-refractivity contribution >= 4 is 5.83 Å². The molecule has 0 N–H and O–H groups in total. The number of allylic oxidation sites excluding steroid dienone is 1. The van der Waals surface area contributed by atoms with E-state index in [9.17, 15) is 13.2 Å². The predicted octanol–water partition coefficient (Wildman–Crippen LogP) is 5.10. The summed E-state index contributed by atoms with van der Waals surface area (Å²) in [5.74, 6) is 1.22. The molecule has 0 aliphatic carbocycles. The van der Waals surface area contributed by atoms with E-state index in [4.69, 9.17) is 0 Å². The van der Waals surface area contributed by atoms with Crippen molar-refractivity contribution in [3.05, 3.63) is 76.4 Å². The van der Waals surface area contributed by atoms with Crippen LogP contribution in [-0.4, -0.2) is 0 Å². The third-order valence-electron chi connectivity index (χ3n) is 2.92. The van der Waals surface area contributed by atoms with Gasteiger partial charge in [-0.15, -0.1) is 0 Å². The first-order valence-electron chi connectivity index (χ1n) is 6.38. The molecule has 21 heavy (non-hydrogen) atoms. The fourth-order valence-electron chi connectivity index (χ4n) is 1.74. The first-order chi connectivity index (χ1) is 9.97. The van der Waals surface area contributed by atoms with Crippen LogP contribution in [-0.2, 0) is 0 Å². The van der Waals surface area contributed by atoms with Crippen molar-refractivity contribution in [2.75, 3.05) is 0 Å². The second kappa shape index (κ2) is 6.32. The zero-order valence-corrected chi connectivity index (χ0v) is 11.7. The largest absolute Gasteiger partial charge is 0.209 e. The van der Waals surface area contributed by atoms with Gasteiger partial charge in [0.1, 0.15) is 5.82 Å². The molecule has 0 radical (unpaired) electrons. The molecule has 0 spiro atoms. The Morgan fingerprint density at radius 3 is 2.14 bits per heavy atom. The van der Waals surface area contributed by atoms with Crippen LogP contribution in [0.4, 0.5) is 13.2 Å². The van der Waals surface area contributed by atoms with Crippen molar-refractivity contribution in [2.45, 2.75) is 13.8 Å². The molecule has 0 aliphatic rings. The van der Waals surface area contributed by atoms with Gasteiger partial charge in [-0.2, -0.15) is 4.39 Å². The maximum atomic E-state index is 13.9. The quantitative estimate of drug-likeness (QED) is 0.640. The Labute approximate surface area is 121 Å². The van der Waals surface area contributed by atoms with Gasteiger partial charge >= 0.3 is 0 Å². The average Bonchev–Trinajstić information content (AvgIpc) is 2.45. The summed E-state index contributed by atoms with van der Waals surface area (Å²) >= 11 is 0. The maximum Gasteiger partial charge on any atom is 0.209 e.